The number of carbonyl (C=O) groups excluding carboxylic acids is 1. The topological polar surface area (TPSA) is 35.5 Å². The Bertz CT molecular complexity index is 303. The van der Waals surface area contributed by atoms with Gasteiger partial charge in [-0.3, -0.25) is 0 Å². The van der Waals surface area contributed by atoms with Crippen LogP contribution in [0.1, 0.15) is 20.8 Å². The van der Waals surface area contributed by atoms with E-state index in [9.17, 15) is 4.79 Å². The van der Waals surface area contributed by atoms with E-state index in [1.54, 1.807) is 18.2 Å². The molecule has 76 valence electrons. The molecule has 0 fully saturated rings. The van der Waals surface area contributed by atoms with Gasteiger partial charge in [0.15, 0.2) is 0 Å². The summed E-state index contributed by atoms with van der Waals surface area (Å²) in [4.78, 5) is 11.5. The number of carbonyl (C=O) groups is 1. The Kier molecular flexibility index (Phi) is 3.12. The van der Waals surface area contributed by atoms with E-state index in [1.165, 1.54) is 12.5 Å². The van der Waals surface area contributed by atoms with Crippen LogP contribution in [0.5, 0.6) is 0 Å². The third-order valence-corrected chi connectivity index (χ3v) is 1.39. The highest BCUT2D eigenvalue weighted by molar-refractivity contribution is 5.92. The van der Waals surface area contributed by atoms with Crippen LogP contribution in [-0.2, 0) is 14.3 Å². The minimum atomic E-state index is -0.470. The third-order valence-electron chi connectivity index (χ3n) is 1.39. The quantitative estimate of drug-likeness (QED) is 0.601. The minimum Gasteiger partial charge on any atom is -0.473 e. The van der Waals surface area contributed by atoms with Gasteiger partial charge in [-0.1, -0.05) is 0 Å². The second-order valence-corrected chi connectivity index (χ2v) is 3.89. The van der Waals surface area contributed by atoms with Crippen LogP contribution in [0.4, 0.5) is 0 Å². The third kappa shape index (κ3) is 3.47. The Balaban J connectivity index is 2.69. The first-order valence-corrected chi connectivity index (χ1v) is 4.41. The summed E-state index contributed by atoms with van der Waals surface area (Å²) in [5.41, 5.74) is 0.0107. The second kappa shape index (κ2) is 4.13. The first kappa shape index (κ1) is 10.6. The summed E-state index contributed by atoms with van der Waals surface area (Å²) in [5.74, 6) is -0.344. The van der Waals surface area contributed by atoms with Gasteiger partial charge >= 0.3 is 5.97 Å². The van der Waals surface area contributed by atoms with Gasteiger partial charge in [0.25, 0.3) is 0 Å². The lowest BCUT2D eigenvalue weighted by Crippen LogP contribution is -2.24. The van der Waals surface area contributed by atoms with Crippen LogP contribution in [0.3, 0.4) is 0 Å². The van der Waals surface area contributed by atoms with Crippen LogP contribution in [0.2, 0.25) is 0 Å². The maximum absolute atomic E-state index is 11.5. The van der Waals surface area contributed by atoms with Crippen molar-refractivity contribution in [3.05, 3.63) is 36.3 Å². The molecule has 1 aliphatic rings. The van der Waals surface area contributed by atoms with Crippen LogP contribution >= 0.6 is 0 Å². The highest BCUT2D eigenvalue weighted by Crippen LogP contribution is 2.12. The summed E-state index contributed by atoms with van der Waals surface area (Å²) >= 11 is 0. The van der Waals surface area contributed by atoms with Crippen molar-refractivity contribution >= 4 is 5.97 Å². The summed E-state index contributed by atoms with van der Waals surface area (Å²) in [7, 11) is 0. The zero-order valence-corrected chi connectivity index (χ0v) is 8.61. The van der Waals surface area contributed by atoms with Crippen molar-refractivity contribution in [3.63, 3.8) is 0 Å². The first-order chi connectivity index (χ1) is 6.49. The average Bonchev–Trinajstić information content (AvgIpc) is 2.27. The van der Waals surface area contributed by atoms with Crippen molar-refractivity contribution in [1.29, 1.82) is 0 Å². The monoisotopic (exact) mass is 194 g/mol. The van der Waals surface area contributed by atoms with Crippen molar-refractivity contribution in [1.82, 2.24) is 0 Å². The van der Waals surface area contributed by atoms with Gasteiger partial charge in [-0.05, 0) is 39.0 Å². The zero-order valence-electron chi connectivity index (χ0n) is 8.61. The zero-order chi connectivity index (χ0) is 10.6. The molecule has 0 atom stereocenters. The molecule has 1 heterocycles. The molecule has 0 saturated carbocycles. The van der Waals surface area contributed by atoms with Crippen molar-refractivity contribution in [2.24, 2.45) is 0 Å². The van der Waals surface area contributed by atoms with Gasteiger partial charge in [0.1, 0.15) is 5.60 Å². The van der Waals surface area contributed by atoms with E-state index >= 15 is 0 Å². The lowest BCUT2D eigenvalue weighted by molar-refractivity contribution is -0.149. The average molecular weight is 194 g/mol. The van der Waals surface area contributed by atoms with Crippen molar-refractivity contribution in [2.75, 3.05) is 0 Å². The summed E-state index contributed by atoms with van der Waals surface area (Å²) in [6.45, 7) is 5.49. The predicted molar refractivity (Wildman–Crippen MR) is 53.3 cm³/mol. The Labute approximate surface area is 83.7 Å². The van der Waals surface area contributed by atoms with Crippen LogP contribution in [0, 0.1) is 0 Å². The number of ether oxygens (including phenoxy) is 2. The number of allylic oxidation sites excluding steroid dienone is 2. The van der Waals surface area contributed by atoms with Gasteiger partial charge in [-0.25, -0.2) is 4.79 Å². The minimum absolute atomic E-state index is 0.344. The smallest absolute Gasteiger partial charge is 0.338 e. The van der Waals surface area contributed by atoms with E-state index in [0.717, 1.165) is 0 Å². The van der Waals surface area contributed by atoms with Gasteiger partial charge in [-0.2, -0.15) is 0 Å². The molecule has 0 saturated heterocycles. The van der Waals surface area contributed by atoms with Gasteiger partial charge in [-0.15, -0.1) is 0 Å². The molecule has 1 aliphatic heterocycles. The standard InChI is InChI=1S/C11H14O3/c1-11(2,3)14-10(12)9-5-4-7-13-8-6-9/h4-8H,1-3H3. The maximum Gasteiger partial charge on any atom is 0.338 e. The number of rotatable bonds is 1. The molecule has 0 aromatic carbocycles. The summed E-state index contributed by atoms with van der Waals surface area (Å²) < 4.78 is 10.1. The molecule has 0 bridgehead atoms. The lowest BCUT2D eigenvalue weighted by atomic mass is 10.2. The van der Waals surface area contributed by atoms with E-state index in [1.807, 2.05) is 20.8 Å². The van der Waals surface area contributed by atoms with Crippen LogP contribution in [0.15, 0.2) is 36.3 Å². The molecule has 0 amide bonds. The molecule has 3 nitrogen and oxygen atoms in total. The van der Waals surface area contributed by atoms with Gasteiger partial charge in [0.05, 0.1) is 18.1 Å². The summed E-state index contributed by atoms with van der Waals surface area (Å²) in [5, 5.41) is 0. The van der Waals surface area contributed by atoms with E-state index in [0.29, 0.717) is 5.57 Å². The van der Waals surface area contributed by atoms with Crippen LogP contribution in [-0.4, -0.2) is 11.6 Å². The number of hydrogen-bond acceptors (Lipinski definition) is 3. The maximum atomic E-state index is 11.5. The second-order valence-electron chi connectivity index (χ2n) is 3.89. The molecule has 14 heavy (non-hydrogen) atoms. The highest BCUT2D eigenvalue weighted by atomic mass is 16.6. The Morgan fingerprint density at radius 2 is 2.07 bits per heavy atom. The Morgan fingerprint density at radius 3 is 2.71 bits per heavy atom. The fourth-order valence-corrected chi connectivity index (χ4v) is 0.875. The van der Waals surface area contributed by atoms with Crippen molar-refractivity contribution in [2.45, 2.75) is 26.4 Å². The summed E-state index contributed by atoms with van der Waals surface area (Å²) in [6.07, 6.45) is 7.82. The summed E-state index contributed by atoms with van der Waals surface area (Å²) in [6, 6.07) is 0. The van der Waals surface area contributed by atoms with E-state index < -0.39 is 5.60 Å². The lowest BCUT2D eigenvalue weighted by Gasteiger charge is -2.19. The molecule has 1 rings (SSSR count). The molecule has 3 heteroatoms. The molecule has 0 aromatic heterocycles. The Hall–Kier alpha value is -1.51. The van der Waals surface area contributed by atoms with E-state index in [4.69, 9.17) is 9.47 Å². The first-order valence-electron chi connectivity index (χ1n) is 4.41. The van der Waals surface area contributed by atoms with Crippen LogP contribution < -0.4 is 0 Å². The molecule has 0 aromatic rings. The predicted octanol–water partition coefficient (Wildman–Crippen LogP) is 2.31. The number of hydrogen-bond donors (Lipinski definition) is 0. The van der Waals surface area contributed by atoms with Gasteiger partial charge in [0.2, 0.25) is 0 Å². The fourth-order valence-electron chi connectivity index (χ4n) is 0.875. The molecule has 0 unspecified atom stereocenters. The molecular formula is C11H14O3. The van der Waals surface area contributed by atoms with Crippen molar-refractivity contribution < 1.29 is 14.3 Å². The molecule has 0 aliphatic carbocycles. The largest absolute Gasteiger partial charge is 0.473 e. The fraction of sp³-hybridized carbons (Fsp3) is 0.364. The van der Waals surface area contributed by atoms with E-state index in [2.05, 4.69) is 0 Å². The molecule has 0 radical (unpaired) electrons. The molecule has 0 N–H and O–H groups in total. The van der Waals surface area contributed by atoms with E-state index in [-0.39, 0.29) is 5.97 Å². The SMILES string of the molecule is CC(C)(C)OC(=O)C1=CC=COC=C1. The highest BCUT2D eigenvalue weighted by Gasteiger charge is 2.18. The van der Waals surface area contributed by atoms with Gasteiger partial charge in [0, 0.05) is 0 Å². The Morgan fingerprint density at radius 1 is 1.36 bits per heavy atom. The van der Waals surface area contributed by atoms with Crippen molar-refractivity contribution in [3.8, 4) is 0 Å². The number of esters is 1. The van der Waals surface area contributed by atoms with Crippen LogP contribution in [0.25, 0.3) is 0 Å². The normalized spacial score (nSPS) is 15.5. The van der Waals surface area contributed by atoms with Gasteiger partial charge < -0.3 is 9.47 Å². The molecule has 0 spiro atoms. The molecular weight excluding hydrogens is 180 g/mol.